The van der Waals surface area contributed by atoms with Gasteiger partial charge in [-0.25, -0.2) is 0 Å². The summed E-state index contributed by atoms with van der Waals surface area (Å²) in [6.45, 7) is 4.24. The number of hydrogen-bond donors (Lipinski definition) is 1. The molecule has 0 spiro atoms. The van der Waals surface area contributed by atoms with Gasteiger partial charge in [-0.2, -0.15) is 0 Å². The molecule has 0 unspecified atom stereocenters. The van der Waals surface area contributed by atoms with Gasteiger partial charge in [-0.05, 0) is 31.9 Å². The van der Waals surface area contributed by atoms with Gasteiger partial charge < -0.3 is 10.0 Å². The molecule has 0 radical (unpaired) electrons. The fourth-order valence-electron chi connectivity index (χ4n) is 1.33. The predicted molar refractivity (Wildman–Crippen MR) is 46.5 cm³/mol. The Kier molecular flexibility index (Phi) is 2.53. The first kappa shape index (κ1) is 8.84. The van der Waals surface area contributed by atoms with Gasteiger partial charge in [0.2, 0.25) is 6.41 Å². The summed E-state index contributed by atoms with van der Waals surface area (Å²) in [5.74, 6) is 0.289. The first-order chi connectivity index (χ1) is 5.65. The van der Waals surface area contributed by atoms with Gasteiger partial charge in [0.15, 0.2) is 0 Å². The highest BCUT2D eigenvalue weighted by Gasteiger charge is 2.16. The number of hydrogen-bond acceptors (Lipinski definition) is 2. The van der Waals surface area contributed by atoms with Gasteiger partial charge in [0.25, 0.3) is 0 Å². The monoisotopic (exact) mass is 167 g/mol. The number of aliphatic hydroxyl groups is 1. The number of carbonyl (C=O) groups excluding carboxylic acids is 1. The van der Waals surface area contributed by atoms with Crippen molar-refractivity contribution >= 4 is 6.41 Å². The van der Waals surface area contributed by atoms with Crippen LogP contribution < -0.4 is 0 Å². The molecule has 12 heavy (non-hydrogen) atoms. The summed E-state index contributed by atoms with van der Waals surface area (Å²) >= 11 is 0. The smallest absolute Gasteiger partial charge is 0.213 e. The van der Waals surface area contributed by atoms with Crippen LogP contribution in [0, 0.1) is 0 Å². The predicted octanol–water partition coefficient (Wildman–Crippen LogP) is 1.58. The van der Waals surface area contributed by atoms with E-state index in [1.165, 1.54) is 0 Å². The second-order valence-corrected chi connectivity index (χ2v) is 2.95. The molecule has 1 rings (SSSR count). The minimum atomic E-state index is 0.289. The van der Waals surface area contributed by atoms with Gasteiger partial charge in [-0.1, -0.05) is 0 Å². The van der Waals surface area contributed by atoms with Crippen molar-refractivity contribution in [2.24, 2.45) is 0 Å². The van der Waals surface area contributed by atoms with E-state index in [0.29, 0.717) is 0 Å². The fourth-order valence-corrected chi connectivity index (χ4v) is 1.33. The van der Waals surface area contributed by atoms with Crippen molar-refractivity contribution < 1.29 is 9.90 Å². The number of allylic oxidation sites excluding steroid dienone is 3. The summed E-state index contributed by atoms with van der Waals surface area (Å²) < 4.78 is 0. The van der Waals surface area contributed by atoms with Gasteiger partial charge in [0.1, 0.15) is 0 Å². The molecule has 0 aliphatic carbocycles. The van der Waals surface area contributed by atoms with Crippen molar-refractivity contribution in [3.05, 3.63) is 23.1 Å². The molecule has 3 nitrogen and oxygen atoms in total. The molecule has 3 heteroatoms. The molecule has 1 N–H and O–H groups in total. The Morgan fingerprint density at radius 2 is 2.33 bits per heavy atom. The minimum Gasteiger partial charge on any atom is -0.513 e. The Labute approximate surface area is 72.0 Å². The Balaban J connectivity index is 2.84. The Morgan fingerprint density at radius 3 is 2.75 bits per heavy atom. The SMILES string of the molecule is CC1=C(/C=C(\C)O)CCN1C=O. The van der Waals surface area contributed by atoms with E-state index in [0.717, 1.165) is 30.6 Å². The molecule has 66 valence electrons. The molecule has 1 amide bonds. The topological polar surface area (TPSA) is 40.5 Å². The lowest BCUT2D eigenvalue weighted by atomic mass is 10.2. The lowest BCUT2D eigenvalue weighted by molar-refractivity contribution is -0.116. The molecular formula is C9H13NO2. The lowest BCUT2D eigenvalue weighted by Crippen LogP contribution is -2.14. The number of aliphatic hydroxyl groups excluding tert-OH is 1. The molecule has 0 saturated heterocycles. The van der Waals surface area contributed by atoms with Crippen molar-refractivity contribution in [1.29, 1.82) is 0 Å². The highest BCUT2D eigenvalue weighted by molar-refractivity contribution is 5.54. The van der Waals surface area contributed by atoms with E-state index in [1.807, 2.05) is 6.92 Å². The molecule has 1 aliphatic heterocycles. The Bertz CT molecular complexity index is 249. The van der Waals surface area contributed by atoms with E-state index in [-0.39, 0.29) is 5.76 Å². The zero-order valence-corrected chi connectivity index (χ0v) is 7.37. The summed E-state index contributed by atoms with van der Waals surface area (Å²) in [6, 6.07) is 0. The maximum Gasteiger partial charge on any atom is 0.213 e. The fraction of sp³-hybridized carbons (Fsp3) is 0.444. The number of rotatable bonds is 2. The van der Waals surface area contributed by atoms with E-state index < -0.39 is 0 Å². The van der Waals surface area contributed by atoms with Crippen LogP contribution in [0.4, 0.5) is 0 Å². The van der Waals surface area contributed by atoms with Gasteiger partial charge in [-0.15, -0.1) is 0 Å². The zero-order valence-electron chi connectivity index (χ0n) is 7.37. The third-order valence-electron chi connectivity index (χ3n) is 2.03. The maximum absolute atomic E-state index is 10.5. The average Bonchev–Trinajstić information content (AvgIpc) is 2.32. The quantitative estimate of drug-likeness (QED) is 0.501. The van der Waals surface area contributed by atoms with E-state index in [1.54, 1.807) is 17.9 Å². The van der Waals surface area contributed by atoms with Crippen LogP contribution in [0.25, 0.3) is 0 Å². The summed E-state index contributed by atoms with van der Waals surface area (Å²) in [7, 11) is 0. The average molecular weight is 167 g/mol. The van der Waals surface area contributed by atoms with Crippen molar-refractivity contribution in [3.63, 3.8) is 0 Å². The molecule has 0 aromatic rings. The van der Waals surface area contributed by atoms with Crippen molar-refractivity contribution in [3.8, 4) is 0 Å². The Morgan fingerprint density at radius 1 is 1.67 bits per heavy atom. The molecule has 1 aliphatic rings. The van der Waals surface area contributed by atoms with Crippen molar-refractivity contribution in [1.82, 2.24) is 4.90 Å². The Hall–Kier alpha value is -1.25. The summed E-state index contributed by atoms with van der Waals surface area (Å²) in [6.07, 6.45) is 3.37. The third-order valence-corrected chi connectivity index (χ3v) is 2.03. The minimum absolute atomic E-state index is 0.289. The first-order valence-electron chi connectivity index (χ1n) is 3.94. The molecular weight excluding hydrogens is 154 g/mol. The highest BCUT2D eigenvalue weighted by Crippen LogP contribution is 2.22. The van der Waals surface area contributed by atoms with Gasteiger partial charge in [-0.3, -0.25) is 4.79 Å². The summed E-state index contributed by atoms with van der Waals surface area (Å²) in [4.78, 5) is 12.1. The third kappa shape index (κ3) is 1.67. The van der Waals surface area contributed by atoms with E-state index in [4.69, 9.17) is 5.11 Å². The molecule has 0 aromatic heterocycles. The molecule has 0 bridgehead atoms. The van der Waals surface area contributed by atoms with Crippen LogP contribution in [-0.2, 0) is 4.79 Å². The van der Waals surface area contributed by atoms with Crippen LogP contribution in [0.1, 0.15) is 20.3 Å². The standard InChI is InChI=1S/C9H13NO2/c1-7(12)5-9-3-4-10(6-11)8(9)2/h5-6,12H,3-4H2,1-2H3/b7-5+. The maximum atomic E-state index is 10.5. The van der Waals surface area contributed by atoms with Gasteiger partial charge >= 0.3 is 0 Å². The first-order valence-corrected chi connectivity index (χ1v) is 3.94. The summed E-state index contributed by atoms with van der Waals surface area (Å²) in [5.41, 5.74) is 1.99. The molecule has 0 atom stereocenters. The lowest BCUT2D eigenvalue weighted by Gasteiger charge is -2.08. The van der Waals surface area contributed by atoms with Crippen molar-refractivity contribution in [2.75, 3.05) is 6.54 Å². The summed E-state index contributed by atoms with van der Waals surface area (Å²) in [5, 5.41) is 9.01. The zero-order chi connectivity index (χ0) is 9.14. The second kappa shape index (κ2) is 3.43. The van der Waals surface area contributed by atoms with Crippen LogP contribution in [0.3, 0.4) is 0 Å². The molecule has 0 aromatic carbocycles. The molecule has 1 heterocycles. The van der Waals surface area contributed by atoms with E-state index in [2.05, 4.69) is 0 Å². The van der Waals surface area contributed by atoms with Crippen LogP contribution in [0.5, 0.6) is 0 Å². The van der Waals surface area contributed by atoms with E-state index in [9.17, 15) is 4.79 Å². The van der Waals surface area contributed by atoms with Crippen LogP contribution in [0.15, 0.2) is 23.1 Å². The molecule has 0 saturated carbocycles. The number of amides is 1. The van der Waals surface area contributed by atoms with Crippen LogP contribution in [-0.4, -0.2) is 23.0 Å². The normalized spacial score (nSPS) is 18.8. The highest BCUT2D eigenvalue weighted by atomic mass is 16.3. The number of nitrogens with zero attached hydrogens (tertiary/aromatic N) is 1. The molecule has 0 fully saturated rings. The second-order valence-electron chi connectivity index (χ2n) is 2.95. The van der Waals surface area contributed by atoms with Crippen molar-refractivity contribution in [2.45, 2.75) is 20.3 Å². The van der Waals surface area contributed by atoms with Crippen LogP contribution in [0.2, 0.25) is 0 Å². The largest absolute Gasteiger partial charge is 0.513 e. The van der Waals surface area contributed by atoms with E-state index >= 15 is 0 Å². The number of carbonyl (C=O) groups is 1. The van der Waals surface area contributed by atoms with Crippen LogP contribution >= 0.6 is 0 Å². The van der Waals surface area contributed by atoms with Gasteiger partial charge in [0, 0.05) is 12.2 Å². The van der Waals surface area contributed by atoms with Gasteiger partial charge in [0.05, 0.1) is 5.76 Å².